The van der Waals surface area contributed by atoms with Crippen LogP contribution in [0.25, 0.3) is 16.4 Å². The summed E-state index contributed by atoms with van der Waals surface area (Å²) < 4.78 is 6.39. The minimum absolute atomic E-state index is 0.235. The molecule has 0 atom stereocenters. The highest BCUT2D eigenvalue weighted by atomic mass is 16.5. The van der Waals surface area contributed by atoms with Crippen molar-refractivity contribution in [2.75, 3.05) is 7.11 Å². The lowest BCUT2D eigenvalue weighted by atomic mass is 10.2. The van der Waals surface area contributed by atoms with Crippen LogP contribution >= 0.6 is 0 Å². The van der Waals surface area contributed by atoms with E-state index >= 15 is 0 Å². The molecule has 0 radical (unpaired) electrons. The number of hydrogen-bond donors (Lipinski definition) is 1. The van der Waals surface area contributed by atoms with Gasteiger partial charge in [-0.05, 0) is 12.1 Å². The van der Waals surface area contributed by atoms with Crippen LogP contribution in [0.5, 0.6) is 0 Å². The Hall–Kier alpha value is -2.14. The summed E-state index contributed by atoms with van der Waals surface area (Å²) in [6, 6.07) is 9.53. The molecule has 3 rings (SSSR count). The van der Waals surface area contributed by atoms with Crippen LogP contribution in [0.1, 0.15) is 5.69 Å². The second-order valence-electron chi connectivity index (χ2n) is 3.84. The molecule has 0 spiro atoms. The number of aromatic amines is 1. The summed E-state index contributed by atoms with van der Waals surface area (Å²) in [6.07, 6.45) is 0. The predicted molar refractivity (Wildman–Crippen MR) is 64.0 cm³/mol. The number of nitrogens with zero attached hydrogens (tertiary/aromatic N) is 2. The Bertz CT molecular complexity index is 742. The van der Waals surface area contributed by atoms with Gasteiger partial charge in [-0.1, -0.05) is 18.2 Å². The zero-order valence-corrected chi connectivity index (χ0v) is 9.30. The number of methoxy groups -OCH3 is 1. The number of ether oxygens (including phenoxy) is 1. The van der Waals surface area contributed by atoms with Crippen LogP contribution in [-0.2, 0) is 11.3 Å². The third-order valence-electron chi connectivity index (χ3n) is 2.69. The van der Waals surface area contributed by atoms with Crippen LogP contribution in [0.15, 0.2) is 35.1 Å². The van der Waals surface area contributed by atoms with E-state index in [-0.39, 0.29) is 5.69 Å². The average molecular weight is 229 g/mol. The van der Waals surface area contributed by atoms with Crippen molar-refractivity contribution in [3.63, 3.8) is 0 Å². The van der Waals surface area contributed by atoms with E-state index in [9.17, 15) is 4.79 Å². The fourth-order valence-corrected chi connectivity index (χ4v) is 1.98. The number of H-pyrrole nitrogens is 1. The Balaban J connectivity index is 2.43. The molecule has 5 heteroatoms. The molecule has 0 bridgehead atoms. The van der Waals surface area contributed by atoms with Gasteiger partial charge in [0.1, 0.15) is 0 Å². The first-order valence-electron chi connectivity index (χ1n) is 5.28. The number of aromatic nitrogens is 3. The lowest BCUT2D eigenvalue weighted by molar-refractivity contribution is 0.181. The van der Waals surface area contributed by atoms with Gasteiger partial charge in [0, 0.05) is 12.5 Å². The highest BCUT2D eigenvalue weighted by Gasteiger charge is 2.08. The lowest BCUT2D eigenvalue weighted by Gasteiger charge is -1.98. The summed E-state index contributed by atoms with van der Waals surface area (Å²) >= 11 is 0. The van der Waals surface area contributed by atoms with Crippen molar-refractivity contribution >= 4 is 16.4 Å². The summed E-state index contributed by atoms with van der Waals surface area (Å²) in [5.74, 6) is 0. The highest BCUT2D eigenvalue weighted by Crippen LogP contribution is 2.16. The van der Waals surface area contributed by atoms with Gasteiger partial charge in [-0.2, -0.15) is 9.61 Å². The topological polar surface area (TPSA) is 59.4 Å². The average Bonchev–Trinajstić information content (AvgIpc) is 2.74. The normalized spacial score (nSPS) is 11.4. The smallest absolute Gasteiger partial charge is 0.347 e. The largest absolute Gasteiger partial charge is 0.378 e. The van der Waals surface area contributed by atoms with Crippen molar-refractivity contribution in [2.45, 2.75) is 6.61 Å². The Morgan fingerprint density at radius 2 is 2.24 bits per heavy atom. The maximum Gasteiger partial charge on any atom is 0.347 e. The number of para-hydroxylation sites is 1. The van der Waals surface area contributed by atoms with Gasteiger partial charge in [0.25, 0.3) is 0 Å². The molecule has 86 valence electrons. The SMILES string of the molecule is COCc1cc2c3ccccc3[nH]c(=O)n2n1. The van der Waals surface area contributed by atoms with Gasteiger partial charge in [0.15, 0.2) is 0 Å². The molecular formula is C12H11N3O2. The van der Waals surface area contributed by atoms with Gasteiger partial charge >= 0.3 is 5.69 Å². The number of hydrogen-bond acceptors (Lipinski definition) is 3. The molecule has 1 aromatic carbocycles. The van der Waals surface area contributed by atoms with Crippen molar-refractivity contribution in [1.82, 2.24) is 14.6 Å². The monoisotopic (exact) mass is 229 g/mol. The maximum absolute atomic E-state index is 11.8. The van der Waals surface area contributed by atoms with E-state index in [4.69, 9.17) is 4.74 Å². The molecule has 3 aromatic rings. The maximum atomic E-state index is 11.8. The molecule has 0 fully saturated rings. The van der Waals surface area contributed by atoms with Crippen molar-refractivity contribution in [1.29, 1.82) is 0 Å². The van der Waals surface area contributed by atoms with Crippen molar-refractivity contribution in [3.05, 3.63) is 46.5 Å². The fraction of sp³-hybridized carbons (Fsp3) is 0.167. The molecule has 5 nitrogen and oxygen atoms in total. The summed E-state index contributed by atoms with van der Waals surface area (Å²) in [5, 5.41) is 5.17. The standard InChI is InChI=1S/C12H11N3O2/c1-17-7-8-6-11-9-4-2-3-5-10(9)13-12(16)15(11)14-8/h2-6H,7H2,1H3,(H,13,16). The minimum atomic E-state index is -0.235. The number of benzene rings is 1. The summed E-state index contributed by atoms with van der Waals surface area (Å²) in [6.45, 7) is 0.398. The van der Waals surface area contributed by atoms with E-state index in [2.05, 4.69) is 10.1 Å². The van der Waals surface area contributed by atoms with Crippen LogP contribution in [0.3, 0.4) is 0 Å². The van der Waals surface area contributed by atoms with Crippen LogP contribution < -0.4 is 5.69 Å². The molecule has 0 aliphatic rings. The molecule has 0 saturated heterocycles. The summed E-state index contributed by atoms with van der Waals surface area (Å²) in [5.41, 5.74) is 2.13. The first-order valence-corrected chi connectivity index (χ1v) is 5.28. The van der Waals surface area contributed by atoms with Crippen molar-refractivity contribution in [3.8, 4) is 0 Å². The zero-order valence-electron chi connectivity index (χ0n) is 9.30. The van der Waals surface area contributed by atoms with E-state index in [1.807, 2.05) is 30.3 Å². The van der Waals surface area contributed by atoms with E-state index in [0.29, 0.717) is 6.61 Å². The first-order chi connectivity index (χ1) is 8.29. The van der Waals surface area contributed by atoms with Gasteiger partial charge in [0.05, 0.1) is 23.3 Å². The first kappa shape index (κ1) is 10.0. The molecule has 0 unspecified atom stereocenters. The van der Waals surface area contributed by atoms with E-state index < -0.39 is 0 Å². The third kappa shape index (κ3) is 1.52. The molecule has 2 aromatic heterocycles. The predicted octanol–water partition coefficient (Wildman–Crippen LogP) is 1.32. The number of rotatable bonds is 2. The molecular weight excluding hydrogens is 218 g/mol. The van der Waals surface area contributed by atoms with E-state index in [1.165, 1.54) is 4.52 Å². The molecule has 0 saturated carbocycles. The van der Waals surface area contributed by atoms with E-state index in [1.54, 1.807) is 7.11 Å². The summed E-state index contributed by atoms with van der Waals surface area (Å²) in [7, 11) is 1.60. The van der Waals surface area contributed by atoms with Gasteiger partial charge in [0.2, 0.25) is 0 Å². The third-order valence-corrected chi connectivity index (χ3v) is 2.69. The second kappa shape index (κ2) is 3.71. The van der Waals surface area contributed by atoms with Gasteiger partial charge in [-0.25, -0.2) is 4.79 Å². The van der Waals surface area contributed by atoms with Crippen LogP contribution in [0.2, 0.25) is 0 Å². The summed E-state index contributed by atoms with van der Waals surface area (Å²) in [4.78, 5) is 14.6. The Kier molecular flexibility index (Phi) is 2.19. The molecule has 1 N–H and O–H groups in total. The molecule has 0 amide bonds. The minimum Gasteiger partial charge on any atom is -0.378 e. The lowest BCUT2D eigenvalue weighted by Crippen LogP contribution is -2.17. The molecule has 0 aliphatic carbocycles. The van der Waals surface area contributed by atoms with Crippen LogP contribution in [-0.4, -0.2) is 21.7 Å². The van der Waals surface area contributed by atoms with Crippen molar-refractivity contribution < 1.29 is 4.74 Å². The number of nitrogens with one attached hydrogen (secondary N) is 1. The van der Waals surface area contributed by atoms with Crippen LogP contribution in [0, 0.1) is 0 Å². The van der Waals surface area contributed by atoms with Gasteiger partial charge in [-0.3, -0.25) is 0 Å². The van der Waals surface area contributed by atoms with Crippen LogP contribution in [0.4, 0.5) is 0 Å². The van der Waals surface area contributed by atoms with E-state index in [0.717, 1.165) is 22.1 Å². The second-order valence-corrected chi connectivity index (χ2v) is 3.84. The molecule has 0 aliphatic heterocycles. The highest BCUT2D eigenvalue weighted by molar-refractivity contribution is 5.93. The number of fused-ring (bicyclic) bond motifs is 3. The Morgan fingerprint density at radius 3 is 3.06 bits per heavy atom. The zero-order chi connectivity index (χ0) is 11.8. The van der Waals surface area contributed by atoms with Crippen molar-refractivity contribution in [2.24, 2.45) is 0 Å². The fourth-order valence-electron chi connectivity index (χ4n) is 1.98. The van der Waals surface area contributed by atoms with Gasteiger partial charge in [-0.15, -0.1) is 0 Å². The molecule has 17 heavy (non-hydrogen) atoms. The van der Waals surface area contributed by atoms with Gasteiger partial charge < -0.3 is 9.72 Å². The molecule has 2 heterocycles. The Labute approximate surface area is 96.6 Å². The quantitative estimate of drug-likeness (QED) is 0.721. The Morgan fingerprint density at radius 1 is 1.41 bits per heavy atom.